The molecule has 2 aromatic carbocycles. The van der Waals surface area contributed by atoms with Crippen molar-refractivity contribution in [1.82, 2.24) is 0 Å². The highest BCUT2D eigenvalue weighted by Crippen LogP contribution is 2.52. The molecule has 0 bridgehead atoms. The summed E-state index contributed by atoms with van der Waals surface area (Å²) in [5.41, 5.74) is -0.402. The first kappa shape index (κ1) is 23.8. The highest BCUT2D eigenvalue weighted by atomic mass is 17.2. The van der Waals surface area contributed by atoms with Gasteiger partial charge in [-0.3, -0.25) is 4.79 Å². The van der Waals surface area contributed by atoms with Gasteiger partial charge in [0.25, 0.3) is 5.75 Å². The van der Waals surface area contributed by atoms with Crippen molar-refractivity contribution in [3.63, 3.8) is 0 Å². The van der Waals surface area contributed by atoms with Crippen molar-refractivity contribution in [3.05, 3.63) is 28.4 Å². The van der Waals surface area contributed by atoms with E-state index >= 15 is 0 Å². The van der Waals surface area contributed by atoms with Crippen molar-refractivity contribution in [2.24, 2.45) is 0 Å². The molecule has 0 atom stereocenters. The van der Waals surface area contributed by atoms with Crippen LogP contribution in [-0.4, -0.2) is 47.8 Å². The Labute approximate surface area is 187 Å². The van der Waals surface area contributed by atoms with E-state index in [1.165, 1.54) is 60.9 Å². The molecule has 0 saturated carbocycles. The van der Waals surface area contributed by atoms with Crippen molar-refractivity contribution >= 4 is 11.0 Å². The van der Waals surface area contributed by atoms with Crippen LogP contribution in [0.4, 0.5) is 0 Å². The van der Waals surface area contributed by atoms with Gasteiger partial charge in [0, 0.05) is 5.56 Å². The van der Waals surface area contributed by atoms with Crippen LogP contribution >= 0.6 is 0 Å². The minimum absolute atomic E-state index is 0.00819. The van der Waals surface area contributed by atoms with E-state index in [2.05, 4.69) is 4.89 Å². The average molecular weight is 466 g/mol. The summed E-state index contributed by atoms with van der Waals surface area (Å²) in [4.78, 5) is 43.1. The topological polar surface area (TPSA) is 134 Å². The summed E-state index contributed by atoms with van der Waals surface area (Å²) in [5.74, 6) is -0.713. The van der Waals surface area contributed by atoms with Gasteiger partial charge in [-0.2, -0.15) is 14.7 Å². The zero-order valence-electron chi connectivity index (χ0n) is 18.7. The molecule has 0 radical (unpaired) electrons. The van der Waals surface area contributed by atoms with E-state index in [1.54, 1.807) is 0 Å². The van der Waals surface area contributed by atoms with E-state index in [1.807, 2.05) is 0 Å². The third-order valence-electron chi connectivity index (χ3n) is 4.46. The van der Waals surface area contributed by atoms with E-state index in [0.717, 1.165) is 0 Å². The summed E-state index contributed by atoms with van der Waals surface area (Å²) in [6.07, 6.45) is 0. The van der Waals surface area contributed by atoms with Gasteiger partial charge in [0.15, 0.2) is 17.1 Å². The summed E-state index contributed by atoms with van der Waals surface area (Å²) in [6.45, 7) is 0. The van der Waals surface area contributed by atoms with E-state index in [9.17, 15) is 9.90 Å². The Morgan fingerprint density at radius 3 is 1.91 bits per heavy atom. The maximum absolute atomic E-state index is 13.5. The number of phenols is 1. The molecule has 3 rings (SSSR count). The number of aromatic hydroxyl groups is 1. The standard InChI is InChI=1S/C21H22O12/c1-24-18-14(23)13-16(30-15(18)10-7-8-11(22)12(9-10)31-27-4)19(25-2)21(33-29-6)20(26-3)17(13)32-28-5/h7-9,22H,1-6H3. The summed E-state index contributed by atoms with van der Waals surface area (Å²) < 4.78 is 22.2. The fourth-order valence-electron chi connectivity index (χ4n) is 3.19. The van der Waals surface area contributed by atoms with Crippen LogP contribution in [0.1, 0.15) is 0 Å². The Bertz CT molecular complexity index is 1200. The number of hydrogen-bond acceptors (Lipinski definition) is 12. The molecule has 0 aliphatic rings. The summed E-state index contributed by atoms with van der Waals surface area (Å²) in [6, 6.07) is 4.21. The van der Waals surface area contributed by atoms with Gasteiger partial charge in [0.05, 0.1) is 42.7 Å². The first-order chi connectivity index (χ1) is 16.0. The van der Waals surface area contributed by atoms with Gasteiger partial charge in [-0.1, -0.05) is 0 Å². The molecule has 0 unspecified atom stereocenters. The fourth-order valence-corrected chi connectivity index (χ4v) is 3.19. The van der Waals surface area contributed by atoms with Crippen molar-refractivity contribution in [2.75, 3.05) is 42.7 Å². The average Bonchev–Trinajstić information content (AvgIpc) is 2.81. The van der Waals surface area contributed by atoms with Crippen LogP contribution in [0.2, 0.25) is 0 Å². The highest BCUT2D eigenvalue weighted by molar-refractivity contribution is 5.96. The first-order valence-corrected chi connectivity index (χ1v) is 9.25. The molecule has 0 saturated heterocycles. The minimum Gasteiger partial charge on any atom is -0.504 e. The van der Waals surface area contributed by atoms with Crippen LogP contribution in [0.5, 0.6) is 40.2 Å². The van der Waals surface area contributed by atoms with Crippen LogP contribution in [0.15, 0.2) is 27.4 Å². The van der Waals surface area contributed by atoms with Crippen LogP contribution in [0.3, 0.4) is 0 Å². The normalized spacial score (nSPS) is 10.7. The van der Waals surface area contributed by atoms with Gasteiger partial charge in [0.1, 0.15) is 5.39 Å². The lowest BCUT2D eigenvalue weighted by molar-refractivity contribution is -0.186. The molecule has 12 nitrogen and oxygen atoms in total. The van der Waals surface area contributed by atoms with Gasteiger partial charge in [0.2, 0.25) is 34.2 Å². The molecule has 0 aliphatic carbocycles. The number of hydrogen-bond donors (Lipinski definition) is 1. The van der Waals surface area contributed by atoms with Gasteiger partial charge in [-0.25, -0.2) is 0 Å². The predicted octanol–water partition coefficient (Wildman–Crippen LogP) is 3.01. The number of ether oxygens (including phenoxy) is 3. The molecule has 0 aliphatic heterocycles. The monoisotopic (exact) mass is 466 g/mol. The maximum Gasteiger partial charge on any atom is 0.256 e. The lowest BCUT2D eigenvalue weighted by Gasteiger charge is -2.18. The minimum atomic E-state index is -0.636. The Hall–Kier alpha value is -3.87. The van der Waals surface area contributed by atoms with E-state index in [-0.39, 0.29) is 57.0 Å². The number of benzene rings is 2. The third-order valence-corrected chi connectivity index (χ3v) is 4.46. The lowest BCUT2D eigenvalue weighted by Crippen LogP contribution is -2.12. The SMILES string of the molecule is COOc1cc(-c2oc3c(OC)c(OOC)c(OC)c(OOC)c3c(=O)c2OC)ccc1O. The van der Waals surface area contributed by atoms with Crippen LogP contribution < -0.4 is 34.3 Å². The molecule has 178 valence electrons. The van der Waals surface area contributed by atoms with Crippen molar-refractivity contribution < 1.29 is 53.1 Å². The summed E-state index contributed by atoms with van der Waals surface area (Å²) >= 11 is 0. The van der Waals surface area contributed by atoms with Gasteiger partial charge in [-0.05, 0) is 18.2 Å². The Balaban J connectivity index is 2.49. The van der Waals surface area contributed by atoms with Crippen LogP contribution in [-0.2, 0) is 14.7 Å². The zero-order chi connectivity index (χ0) is 24.1. The third kappa shape index (κ3) is 4.14. The molecule has 1 aromatic heterocycles. The summed E-state index contributed by atoms with van der Waals surface area (Å²) in [5, 5.41) is 9.86. The predicted molar refractivity (Wildman–Crippen MR) is 112 cm³/mol. The van der Waals surface area contributed by atoms with Crippen LogP contribution in [0.25, 0.3) is 22.3 Å². The number of rotatable bonds is 10. The molecule has 33 heavy (non-hydrogen) atoms. The van der Waals surface area contributed by atoms with E-state index < -0.39 is 5.43 Å². The van der Waals surface area contributed by atoms with Crippen molar-refractivity contribution in [3.8, 4) is 51.6 Å². The molecule has 0 spiro atoms. The molecular formula is C21H22O12. The number of fused-ring (bicyclic) bond motifs is 1. The van der Waals surface area contributed by atoms with Crippen molar-refractivity contribution in [2.45, 2.75) is 0 Å². The lowest BCUT2D eigenvalue weighted by atomic mass is 10.1. The molecular weight excluding hydrogens is 444 g/mol. The van der Waals surface area contributed by atoms with Gasteiger partial charge >= 0.3 is 0 Å². The zero-order valence-corrected chi connectivity index (χ0v) is 18.7. The fraction of sp³-hybridized carbons (Fsp3) is 0.286. The Kier molecular flexibility index (Phi) is 7.33. The molecule has 3 aromatic rings. The second-order valence-corrected chi connectivity index (χ2v) is 6.15. The molecule has 0 fully saturated rings. The number of phenolic OH excluding ortho intramolecular Hbond substituents is 1. The van der Waals surface area contributed by atoms with E-state index in [4.69, 9.17) is 43.1 Å². The Morgan fingerprint density at radius 2 is 1.33 bits per heavy atom. The van der Waals surface area contributed by atoms with E-state index in [0.29, 0.717) is 5.56 Å². The maximum atomic E-state index is 13.5. The second kappa shape index (κ2) is 10.2. The largest absolute Gasteiger partial charge is 0.504 e. The second-order valence-electron chi connectivity index (χ2n) is 6.15. The van der Waals surface area contributed by atoms with Crippen LogP contribution in [0, 0.1) is 0 Å². The molecule has 12 heteroatoms. The van der Waals surface area contributed by atoms with Gasteiger partial charge in [-0.15, -0.1) is 0 Å². The van der Waals surface area contributed by atoms with Crippen molar-refractivity contribution in [1.29, 1.82) is 0 Å². The Morgan fingerprint density at radius 1 is 0.727 bits per heavy atom. The quantitative estimate of drug-likeness (QED) is 0.348. The molecule has 1 heterocycles. The summed E-state index contributed by atoms with van der Waals surface area (Å²) in [7, 11) is 7.74. The smallest absolute Gasteiger partial charge is 0.256 e. The van der Waals surface area contributed by atoms with Gasteiger partial charge < -0.3 is 38.4 Å². The molecule has 0 amide bonds. The number of methoxy groups -OCH3 is 3. The highest BCUT2D eigenvalue weighted by Gasteiger charge is 2.32. The molecule has 1 N–H and O–H groups in total. The first-order valence-electron chi connectivity index (χ1n) is 9.25.